The zero-order chi connectivity index (χ0) is 18.2. The first-order chi connectivity index (χ1) is 13.3. The highest BCUT2D eigenvalue weighted by molar-refractivity contribution is 5.90. The Balaban J connectivity index is 1.19. The molecule has 0 aromatic heterocycles. The van der Waals surface area contributed by atoms with E-state index >= 15 is 0 Å². The Morgan fingerprint density at radius 3 is 2.15 bits per heavy atom. The second-order valence-corrected chi connectivity index (χ2v) is 6.51. The molecule has 1 N–H and O–H groups in total. The standard InChI is InChI=1S/C19H19N3O5/c23-19(20-13-1-3-15-17(9-13)26-11-24-15)22-7-5-21(6-8-22)14-2-4-16-18(10-14)27-12-25-16/h1-4,9-10H,5-8,11-12H2,(H,20,23). The largest absolute Gasteiger partial charge is 0.454 e. The summed E-state index contributed by atoms with van der Waals surface area (Å²) in [6.07, 6.45) is 0. The molecule has 2 amide bonds. The van der Waals surface area contributed by atoms with Crippen molar-refractivity contribution in [2.75, 3.05) is 50.0 Å². The SMILES string of the molecule is O=C(Nc1ccc2c(c1)OCO2)N1CCN(c2ccc3c(c2)OCO3)CC1. The molecular formula is C19H19N3O5. The Kier molecular flexibility index (Phi) is 3.81. The summed E-state index contributed by atoms with van der Waals surface area (Å²) in [5.41, 5.74) is 1.78. The van der Waals surface area contributed by atoms with Crippen molar-refractivity contribution in [2.24, 2.45) is 0 Å². The average Bonchev–Trinajstić information content (AvgIpc) is 3.36. The average molecular weight is 369 g/mol. The van der Waals surface area contributed by atoms with Gasteiger partial charge in [-0.25, -0.2) is 4.79 Å². The van der Waals surface area contributed by atoms with Crippen molar-refractivity contribution in [1.29, 1.82) is 0 Å². The van der Waals surface area contributed by atoms with Crippen LogP contribution >= 0.6 is 0 Å². The highest BCUT2D eigenvalue weighted by atomic mass is 16.7. The van der Waals surface area contributed by atoms with Crippen LogP contribution in [0.2, 0.25) is 0 Å². The zero-order valence-corrected chi connectivity index (χ0v) is 14.6. The van der Waals surface area contributed by atoms with Gasteiger partial charge in [-0.1, -0.05) is 0 Å². The number of hydrogen-bond acceptors (Lipinski definition) is 6. The lowest BCUT2D eigenvalue weighted by atomic mass is 10.2. The minimum Gasteiger partial charge on any atom is -0.454 e. The number of piperazine rings is 1. The highest BCUT2D eigenvalue weighted by Gasteiger charge is 2.23. The lowest BCUT2D eigenvalue weighted by Crippen LogP contribution is -2.50. The summed E-state index contributed by atoms with van der Waals surface area (Å²) in [5, 5.41) is 2.93. The van der Waals surface area contributed by atoms with Crippen molar-refractivity contribution in [3.63, 3.8) is 0 Å². The van der Waals surface area contributed by atoms with Gasteiger partial charge in [0.05, 0.1) is 0 Å². The molecule has 0 spiro atoms. The molecular weight excluding hydrogens is 350 g/mol. The van der Waals surface area contributed by atoms with E-state index in [9.17, 15) is 4.79 Å². The third kappa shape index (κ3) is 3.03. The monoisotopic (exact) mass is 369 g/mol. The molecule has 1 saturated heterocycles. The smallest absolute Gasteiger partial charge is 0.321 e. The maximum Gasteiger partial charge on any atom is 0.321 e. The van der Waals surface area contributed by atoms with Gasteiger partial charge in [0.2, 0.25) is 13.6 Å². The summed E-state index contributed by atoms with van der Waals surface area (Å²) in [5.74, 6) is 2.90. The first kappa shape index (κ1) is 15.9. The molecule has 8 heteroatoms. The number of carbonyl (C=O) groups is 1. The van der Waals surface area contributed by atoms with Crippen LogP contribution < -0.4 is 29.2 Å². The van der Waals surface area contributed by atoms with Crippen LogP contribution in [0.5, 0.6) is 23.0 Å². The third-order valence-electron chi connectivity index (χ3n) is 4.91. The van der Waals surface area contributed by atoms with Crippen LogP contribution in [0.3, 0.4) is 0 Å². The summed E-state index contributed by atoms with van der Waals surface area (Å²) in [6, 6.07) is 11.2. The van der Waals surface area contributed by atoms with Gasteiger partial charge in [0.1, 0.15) is 0 Å². The zero-order valence-electron chi connectivity index (χ0n) is 14.6. The Morgan fingerprint density at radius 1 is 0.778 bits per heavy atom. The summed E-state index contributed by atoms with van der Waals surface area (Å²) >= 11 is 0. The summed E-state index contributed by atoms with van der Waals surface area (Å²) in [7, 11) is 0. The number of benzene rings is 2. The summed E-state index contributed by atoms with van der Waals surface area (Å²) < 4.78 is 21.4. The number of amides is 2. The molecule has 0 bridgehead atoms. The van der Waals surface area contributed by atoms with Gasteiger partial charge in [-0.3, -0.25) is 0 Å². The van der Waals surface area contributed by atoms with Crippen molar-refractivity contribution in [1.82, 2.24) is 4.90 Å². The van der Waals surface area contributed by atoms with E-state index in [-0.39, 0.29) is 19.6 Å². The lowest BCUT2D eigenvalue weighted by Gasteiger charge is -2.36. The summed E-state index contributed by atoms with van der Waals surface area (Å²) in [6.45, 7) is 3.29. The maximum absolute atomic E-state index is 12.6. The van der Waals surface area contributed by atoms with Crippen LogP contribution in [0, 0.1) is 0 Å². The number of hydrogen-bond donors (Lipinski definition) is 1. The number of anilines is 2. The van der Waals surface area contributed by atoms with Crippen LogP contribution in [-0.4, -0.2) is 50.7 Å². The van der Waals surface area contributed by atoms with Crippen molar-refractivity contribution in [3.05, 3.63) is 36.4 Å². The lowest BCUT2D eigenvalue weighted by molar-refractivity contribution is 0.173. The molecule has 3 aliphatic rings. The maximum atomic E-state index is 12.6. The van der Waals surface area contributed by atoms with E-state index in [4.69, 9.17) is 18.9 Å². The number of nitrogens with one attached hydrogen (secondary N) is 1. The number of urea groups is 1. The van der Waals surface area contributed by atoms with Crippen molar-refractivity contribution >= 4 is 17.4 Å². The number of ether oxygens (including phenoxy) is 4. The van der Waals surface area contributed by atoms with E-state index in [1.807, 2.05) is 29.2 Å². The molecule has 27 heavy (non-hydrogen) atoms. The first-order valence-electron chi connectivity index (χ1n) is 8.86. The Labute approximate surface area is 156 Å². The van der Waals surface area contributed by atoms with Crippen LogP contribution in [0.4, 0.5) is 16.2 Å². The molecule has 0 aliphatic carbocycles. The van der Waals surface area contributed by atoms with Gasteiger partial charge in [0.15, 0.2) is 23.0 Å². The molecule has 2 aromatic carbocycles. The van der Waals surface area contributed by atoms with Gasteiger partial charge >= 0.3 is 6.03 Å². The molecule has 0 radical (unpaired) electrons. The molecule has 0 atom stereocenters. The van der Waals surface area contributed by atoms with Gasteiger partial charge in [-0.05, 0) is 24.3 Å². The predicted octanol–water partition coefficient (Wildman–Crippen LogP) is 2.50. The predicted molar refractivity (Wildman–Crippen MR) is 97.9 cm³/mol. The Bertz CT molecular complexity index is 880. The van der Waals surface area contributed by atoms with Gasteiger partial charge in [0.25, 0.3) is 0 Å². The second-order valence-electron chi connectivity index (χ2n) is 6.51. The minimum absolute atomic E-state index is 0.112. The van der Waals surface area contributed by atoms with Crippen molar-refractivity contribution < 1.29 is 23.7 Å². The molecule has 0 unspecified atom stereocenters. The Morgan fingerprint density at radius 2 is 1.41 bits per heavy atom. The normalized spacial score (nSPS) is 17.2. The van der Waals surface area contributed by atoms with Gasteiger partial charge in [-0.15, -0.1) is 0 Å². The van der Waals surface area contributed by atoms with E-state index in [1.165, 1.54) is 0 Å². The van der Waals surface area contributed by atoms with Gasteiger partial charge in [-0.2, -0.15) is 0 Å². The van der Waals surface area contributed by atoms with Gasteiger partial charge in [0, 0.05) is 49.7 Å². The van der Waals surface area contributed by atoms with E-state index < -0.39 is 0 Å². The number of fused-ring (bicyclic) bond motifs is 2. The molecule has 5 rings (SSSR count). The molecule has 140 valence electrons. The second kappa shape index (κ2) is 6.46. The fraction of sp³-hybridized carbons (Fsp3) is 0.316. The van der Waals surface area contributed by atoms with Crippen molar-refractivity contribution in [3.8, 4) is 23.0 Å². The molecule has 8 nitrogen and oxygen atoms in total. The van der Waals surface area contributed by atoms with E-state index in [2.05, 4.69) is 10.2 Å². The van der Waals surface area contributed by atoms with Crippen LogP contribution in [0.1, 0.15) is 0 Å². The van der Waals surface area contributed by atoms with Crippen molar-refractivity contribution in [2.45, 2.75) is 0 Å². The van der Waals surface area contributed by atoms with E-state index in [0.29, 0.717) is 30.3 Å². The quantitative estimate of drug-likeness (QED) is 0.877. The van der Waals surface area contributed by atoms with Crippen LogP contribution in [-0.2, 0) is 0 Å². The number of nitrogens with zero attached hydrogens (tertiary/aromatic N) is 2. The fourth-order valence-electron chi connectivity index (χ4n) is 3.43. The molecule has 0 saturated carbocycles. The van der Waals surface area contributed by atoms with E-state index in [0.717, 1.165) is 30.3 Å². The first-order valence-corrected chi connectivity index (χ1v) is 8.86. The highest BCUT2D eigenvalue weighted by Crippen LogP contribution is 2.36. The van der Waals surface area contributed by atoms with Crippen LogP contribution in [0.25, 0.3) is 0 Å². The summed E-state index contributed by atoms with van der Waals surface area (Å²) in [4.78, 5) is 16.6. The fourth-order valence-corrected chi connectivity index (χ4v) is 3.43. The number of rotatable bonds is 2. The van der Waals surface area contributed by atoms with Gasteiger partial charge < -0.3 is 34.1 Å². The number of carbonyl (C=O) groups excluding carboxylic acids is 1. The molecule has 3 heterocycles. The molecule has 1 fully saturated rings. The topological polar surface area (TPSA) is 72.5 Å². The molecule has 2 aromatic rings. The Hall–Kier alpha value is -3.29. The van der Waals surface area contributed by atoms with Crippen LogP contribution in [0.15, 0.2) is 36.4 Å². The third-order valence-corrected chi connectivity index (χ3v) is 4.91. The molecule has 3 aliphatic heterocycles. The minimum atomic E-state index is -0.112. The van der Waals surface area contributed by atoms with E-state index in [1.54, 1.807) is 12.1 Å².